The lowest BCUT2D eigenvalue weighted by Gasteiger charge is -2.56. The lowest BCUT2D eigenvalue weighted by atomic mass is 9.48. The van der Waals surface area contributed by atoms with Gasteiger partial charge in [0.1, 0.15) is 0 Å². The van der Waals surface area contributed by atoms with Crippen LogP contribution in [0, 0.1) is 17.3 Å². The van der Waals surface area contributed by atoms with Crippen LogP contribution < -0.4 is 0 Å². The topological polar surface area (TPSA) is 43.4 Å². The maximum atomic E-state index is 10.8. The van der Waals surface area contributed by atoms with Crippen molar-refractivity contribution in [2.24, 2.45) is 17.3 Å². The van der Waals surface area contributed by atoms with Gasteiger partial charge in [0.25, 0.3) is 10.1 Å². The highest BCUT2D eigenvalue weighted by Gasteiger charge is 2.50. The molecule has 3 rings (SSSR count). The maximum Gasteiger partial charge on any atom is 0.264 e. The van der Waals surface area contributed by atoms with E-state index in [4.69, 9.17) is 4.18 Å². The van der Waals surface area contributed by atoms with E-state index in [0.717, 1.165) is 25.0 Å². The van der Waals surface area contributed by atoms with Gasteiger partial charge in [0.15, 0.2) is 0 Å². The third-order valence-corrected chi connectivity index (χ3v) is 4.87. The molecule has 0 spiro atoms. The van der Waals surface area contributed by atoms with E-state index in [-0.39, 0.29) is 0 Å². The van der Waals surface area contributed by atoms with Crippen molar-refractivity contribution in [2.75, 3.05) is 12.9 Å². The van der Waals surface area contributed by atoms with Crippen molar-refractivity contribution in [1.82, 2.24) is 0 Å². The van der Waals surface area contributed by atoms with Gasteiger partial charge < -0.3 is 0 Å². The molecule has 3 aliphatic rings. The minimum atomic E-state index is -3.29. The summed E-state index contributed by atoms with van der Waals surface area (Å²) in [7, 11) is -3.29. The third-order valence-electron chi connectivity index (χ3n) is 4.27. The van der Waals surface area contributed by atoms with E-state index < -0.39 is 10.1 Å². The average Bonchev–Trinajstić information content (AvgIpc) is 2.15. The minimum Gasteiger partial charge on any atom is -0.270 e. The molecule has 1 saturated carbocycles. The Kier molecular flexibility index (Phi) is 2.91. The Morgan fingerprint density at radius 3 is 2.69 bits per heavy atom. The van der Waals surface area contributed by atoms with Crippen LogP contribution in [0.15, 0.2) is 11.6 Å². The number of hydrogen-bond donors (Lipinski definition) is 0. The van der Waals surface area contributed by atoms with Crippen LogP contribution in [-0.2, 0) is 14.3 Å². The van der Waals surface area contributed by atoms with Gasteiger partial charge in [-0.3, -0.25) is 4.18 Å². The summed E-state index contributed by atoms with van der Waals surface area (Å²) in [5, 5.41) is 0. The van der Waals surface area contributed by atoms with Gasteiger partial charge in [0.2, 0.25) is 0 Å². The van der Waals surface area contributed by atoms with Crippen LogP contribution >= 0.6 is 0 Å². The minimum absolute atomic E-state index is 0.294. The van der Waals surface area contributed by atoms with Crippen LogP contribution in [0.5, 0.6) is 0 Å². The zero-order valence-electron chi connectivity index (χ0n) is 10.2. The quantitative estimate of drug-likeness (QED) is 0.563. The zero-order valence-corrected chi connectivity index (χ0v) is 11.0. The monoisotopic (exact) mass is 244 g/mol. The largest absolute Gasteiger partial charge is 0.270 e. The molecule has 0 aliphatic heterocycles. The second-order valence-corrected chi connectivity index (χ2v) is 7.24. The first-order valence-corrected chi connectivity index (χ1v) is 7.65. The summed E-state index contributed by atoms with van der Waals surface area (Å²) in [5.41, 5.74) is 1.81. The Labute approximate surface area is 98.0 Å². The SMILES string of the molecule is CC1(C)[C@H]2CC=C(CCOS(C)(=O)=O)[C@H]1C2. The fourth-order valence-electron chi connectivity index (χ4n) is 3.07. The standard InChI is InChI=1S/C12H20O3S/c1-12(2)10-5-4-9(11(12)8-10)6-7-15-16(3,13)14/h4,10-11H,5-8H2,1-3H3/t10-,11+/m0/s1. The molecule has 16 heavy (non-hydrogen) atoms. The molecule has 0 N–H and O–H groups in total. The molecule has 0 aromatic heterocycles. The number of allylic oxidation sites excluding steroid dienone is 1. The lowest BCUT2D eigenvalue weighted by Crippen LogP contribution is -2.48. The van der Waals surface area contributed by atoms with Crippen LogP contribution in [0.2, 0.25) is 0 Å². The van der Waals surface area contributed by atoms with Gasteiger partial charge >= 0.3 is 0 Å². The maximum absolute atomic E-state index is 10.8. The molecular weight excluding hydrogens is 224 g/mol. The van der Waals surface area contributed by atoms with Gasteiger partial charge in [-0.2, -0.15) is 8.42 Å². The molecule has 0 amide bonds. The van der Waals surface area contributed by atoms with E-state index in [2.05, 4.69) is 19.9 Å². The van der Waals surface area contributed by atoms with Crippen LogP contribution in [0.4, 0.5) is 0 Å². The average molecular weight is 244 g/mol. The normalized spacial score (nSPS) is 31.8. The first kappa shape index (κ1) is 12.1. The van der Waals surface area contributed by atoms with E-state index >= 15 is 0 Å². The molecule has 2 atom stereocenters. The summed E-state index contributed by atoms with van der Waals surface area (Å²) < 4.78 is 26.5. The Balaban J connectivity index is 1.90. The molecule has 4 heteroatoms. The molecular formula is C12H20O3S. The van der Waals surface area contributed by atoms with Crippen molar-refractivity contribution in [2.45, 2.75) is 33.1 Å². The first-order chi connectivity index (χ1) is 7.31. The smallest absolute Gasteiger partial charge is 0.264 e. The van der Waals surface area contributed by atoms with Crippen molar-refractivity contribution in [3.05, 3.63) is 11.6 Å². The summed E-state index contributed by atoms with van der Waals surface area (Å²) >= 11 is 0. The first-order valence-electron chi connectivity index (χ1n) is 5.84. The molecule has 0 saturated heterocycles. The molecule has 2 bridgehead atoms. The van der Waals surface area contributed by atoms with Crippen molar-refractivity contribution in [1.29, 1.82) is 0 Å². The fraction of sp³-hybridized carbons (Fsp3) is 0.833. The van der Waals surface area contributed by atoms with Gasteiger partial charge in [-0.15, -0.1) is 0 Å². The number of fused-ring (bicyclic) bond motifs is 1. The zero-order chi connectivity index (χ0) is 12.0. The van der Waals surface area contributed by atoms with Gasteiger partial charge in [0.05, 0.1) is 12.9 Å². The van der Waals surface area contributed by atoms with E-state index in [0.29, 0.717) is 17.9 Å². The van der Waals surface area contributed by atoms with Crippen LogP contribution in [-0.4, -0.2) is 21.3 Å². The van der Waals surface area contributed by atoms with Gasteiger partial charge in [-0.25, -0.2) is 0 Å². The second-order valence-electron chi connectivity index (χ2n) is 5.60. The fourth-order valence-corrected chi connectivity index (χ4v) is 3.45. The highest BCUT2D eigenvalue weighted by molar-refractivity contribution is 7.85. The van der Waals surface area contributed by atoms with Crippen molar-refractivity contribution < 1.29 is 12.6 Å². The molecule has 92 valence electrons. The summed E-state index contributed by atoms with van der Waals surface area (Å²) in [4.78, 5) is 0. The van der Waals surface area contributed by atoms with E-state index in [1.54, 1.807) is 0 Å². The number of rotatable bonds is 4. The van der Waals surface area contributed by atoms with Crippen LogP contribution in [0.1, 0.15) is 33.1 Å². The van der Waals surface area contributed by atoms with Crippen molar-refractivity contribution in [3.63, 3.8) is 0 Å². The summed E-state index contributed by atoms with van der Waals surface area (Å²) in [6.45, 7) is 4.93. The molecule has 0 unspecified atom stereocenters. The van der Waals surface area contributed by atoms with Crippen molar-refractivity contribution in [3.8, 4) is 0 Å². The van der Waals surface area contributed by atoms with Gasteiger partial charge in [-0.05, 0) is 36.5 Å². The summed E-state index contributed by atoms with van der Waals surface area (Å²) in [5.74, 6) is 1.48. The Bertz CT molecular complexity index is 406. The molecule has 3 nitrogen and oxygen atoms in total. The molecule has 0 aromatic rings. The molecule has 3 aliphatic carbocycles. The highest BCUT2D eigenvalue weighted by atomic mass is 32.2. The van der Waals surface area contributed by atoms with Gasteiger partial charge in [-0.1, -0.05) is 25.5 Å². The molecule has 1 fully saturated rings. The second kappa shape index (κ2) is 3.84. The Hall–Kier alpha value is -0.350. The summed E-state index contributed by atoms with van der Waals surface area (Å²) in [6.07, 6.45) is 6.57. The van der Waals surface area contributed by atoms with E-state index in [1.165, 1.54) is 12.0 Å². The molecule has 0 heterocycles. The Morgan fingerprint density at radius 2 is 2.19 bits per heavy atom. The highest BCUT2D eigenvalue weighted by Crippen LogP contribution is 2.59. The summed E-state index contributed by atoms with van der Waals surface area (Å²) in [6, 6.07) is 0. The lowest BCUT2D eigenvalue weighted by molar-refractivity contribution is -0.00910. The van der Waals surface area contributed by atoms with Crippen LogP contribution in [0.3, 0.4) is 0 Å². The Morgan fingerprint density at radius 1 is 1.50 bits per heavy atom. The van der Waals surface area contributed by atoms with Crippen molar-refractivity contribution >= 4 is 10.1 Å². The molecule has 0 aromatic carbocycles. The molecule has 0 radical (unpaired) electrons. The predicted octanol–water partition coefficient (Wildman–Crippen LogP) is 2.35. The number of hydrogen-bond acceptors (Lipinski definition) is 3. The third kappa shape index (κ3) is 2.18. The van der Waals surface area contributed by atoms with E-state index in [9.17, 15) is 8.42 Å². The van der Waals surface area contributed by atoms with Gasteiger partial charge in [0, 0.05) is 0 Å². The van der Waals surface area contributed by atoms with Crippen LogP contribution in [0.25, 0.3) is 0 Å². The van der Waals surface area contributed by atoms with E-state index in [1.807, 2.05) is 0 Å². The predicted molar refractivity (Wildman–Crippen MR) is 63.5 cm³/mol.